The average molecular weight is 365 g/mol. The van der Waals surface area contributed by atoms with Gasteiger partial charge in [-0.2, -0.15) is 0 Å². The van der Waals surface area contributed by atoms with Gasteiger partial charge in [0.1, 0.15) is 0 Å². The molecule has 0 N–H and O–H groups in total. The average Bonchev–Trinajstić information content (AvgIpc) is 2.56. The lowest BCUT2D eigenvalue weighted by Gasteiger charge is -2.32. The number of ether oxygens (including phenoxy) is 2. The lowest BCUT2D eigenvalue weighted by atomic mass is 9.72. The molecular weight excluding hydrogens is 328 g/mol. The van der Waals surface area contributed by atoms with E-state index in [0.717, 1.165) is 0 Å². The molecule has 0 aromatic rings. The Bertz CT molecular complexity index is 638. The van der Waals surface area contributed by atoms with Gasteiger partial charge in [0, 0.05) is 11.1 Å². The summed E-state index contributed by atoms with van der Waals surface area (Å²) < 4.78 is 10.3. The van der Waals surface area contributed by atoms with Gasteiger partial charge < -0.3 is 9.47 Å². The van der Waals surface area contributed by atoms with Crippen LogP contribution in [0.4, 0.5) is 0 Å². The van der Waals surface area contributed by atoms with Crippen LogP contribution in [0.1, 0.15) is 68.7 Å². The topological polar surface area (TPSA) is 52.6 Å². The largest absolute Gasteiger partial charge is 0.489 e. The van der Waals surface area contributed by atoms with E-state index in [4.69, 9.17) is 9.47 Å². The molecule has 4 heteroatoms. The summed E-state index contributed by atoms with van der Waals surface area (Å²) in [6.07, 6.45) is 2.82. The number of Topliss-reactive ketones (excluding diaryl/α,β-unsaturated/α-hetero) is 2. The maximum Gasteiger partial charge on any atom is 0.228 e. The second-order valence-corrected chi connectivity index (χ2v) is 7.95. The van der Waals surface area contributed by atoms with Gasteiger partial charge in [0.25, 0.3) is 0 Å². The predicted octanol–water partition coefficient (Wildman–Crippen LogP) is 5.39. The monoisotopic (exact) mass is 364 g/mol. The normalized spacial score (nSPS) is 16.5. The highest BCUT2D eigenvalue weighted by atomic mass is 16.5. The van der Waals surface area contributed by atoms with E-state index in [-0.39, 0.29) is 28.5 Å². The SMILES string of the molecule is CC.COC1=C(OC)C(=O)C(C(C)(C)C/C=C(\C)C(C)(C)C)=C(C)C1=O. The van der Waals surface area contributed by atoms with Crippen LogP contribution < -0.4 is 0 Å². The summed E-state index contributed by atoms with van der Waals surface area (Å²) in [6.45, 7) is 18.2. The molecule has 0 radical (unpaired) electrons. The third kappa shape index (κ3) is 5.09. The number of hydrogen-bond donors (Lipinski definition) is 0. The van der Waals surface area contributed by atoms with Crippen molar-refractivity contribution in [2.75, 3.05) is 14.2 Å². The van der Waals surface area contributed by atoms with Crippen LogP contribution in [0, 0.1) is 10.8 Å². The Kier molecular flexibility index (Phi) is 8.55. The third-order valence-corrected chi connectivity index (χ3v) is 4.75. The summed E-state index contributed by atoms with van der Waals surface area (Å²) in [6, 6.07) is 0. The molecule has 0 spiro atoms. The minimum absolute atomic E-state index is 0.00676. The van der Waals surface area contributed by atoms with Crippen LogP contribution in [0.15, 0.2) is 34.3 Å². The predicted molar refractivity (Wildman–Crippen MR) is 107 cm³/mol. The van der Waals surface area contributed by atoms with Gasteiger partial charge >= 0.3 is 0 Å². The van der Waals surface area contributed by atoms with E-state index < -0.39 is 5.41 Å². The number of allylic oxidation sites excluding steroid dienone is 4. The van der Waals surface area contributed by atoms with Crippen molar-refractivity contribution in [1.82, 2.24) is 0 Å². The number of rotatable bonds is 5. The number of carbonyl (C=O) groups is 2. The Labute approximate surface area is 159 Å². The Balaban J connectivity index is 0.00000301. The molecule has 0 aromatic carbocycles. The Hall–Kier alpha value is -1.84. The minimum Gasteiger partial charge on any atom is -0.489 e. The number of ketones is 2. The van der Waals surface area contributed by atoms with Crippen LogP contribution in [0.25, 0.3) is 0 Å². The van der Waals surface area contributed by atoms with Crippen molar-refractivity contribution in [3.8, 4) is 0 Å². The summed E-state index contributed by atoms with van der Waals surface area (Å²) in [5, 5.41) is 0. The third-order valence-electron chi connectivity index (χ3n) is 4.75. The van der Waals surface area contributed by atoms with Crippen molar-refractivity contribution in [2.45, 2.75) is 68.7 Å². The van der Waals surface area contributed by atoms with Gasteiger partial charge in [0.2, 0.25) is 23.1 Å². The summed E-state index contributed by atoms with van der Waals surface area (Å²) in [4.78, 5) is 25.4. The van der Waals surface area contributed by atoms with Crippen LogP contribution in [0.2, 0.25) is 0 Å². The second-order valence-electron chi connectivity index (χ2n) is 7.95. The van der Waals surface area contributed by atoms with Crippen molar-refractivity contribution in [3.05, 3.63) is 34.3 Å². The lowest BCUT2D eigenvalue weighted by Crippen LogP contribution is -2.32. The van der Waals surface area contributed by atoms with Gasteiger partial charge in [-0.1, -0.05) is 60.1 Å². The van der Waals surface area contributed by atoms with E-state index in [1.165, 1.54) is 19.8 Å². The highest BCUT2D eigenvalue weighted by molar-refractivity contribution is 6.23. The zero-order valence-corrected chi connectivity index (χ0v) is 18.4. The van der Waals surface area contributed by atoms with Gasteiger partial charge in [-0.3, -0.25) is 9.59 Å². The molecule has 1 aliphatic carbocycles. The molecule has 0 aliphatic heterocycles. The summed E-state index contributed by atoms with van der Waals surface area (Å²) in [7, 11) is 2.76. The van der Waals surface area contributed by atoms with Crippen LogP contribution in [-0.4, -0.2) is 25.8 Å². The quantitative estimate of drug-likeness (QED) is 0.484. The van der Waals surface area contributed by atoms with Crippen molar-refractivity contribution < 1.29 is 19.1 Å². The summed E-state index contributed by atoms with van der Waals surface area (Å²) >= 11 is 0. The molecule has 1 aliphatic rings. The molecular formula is C22H36O4. The van der Waals surface area contributed by atoms with Crippen LogP contribution >= 0.6 is 0 Å². The van der Waals surface area contributed by atoms with Crippen molar-refractivity contribution >= 4 is 11.6 Å². The molecule has 0 saturated carbocycles. The molecule has 148 valence electrons. The highest BCUT2D eigenvalue weighted by Crippen LogP contribution is 2.40. The number of hydrogen-bond acceptors (Lipinski definition) is 4. The Morgan fingerprint density at radius 3 is 1.73 bits per heavy atom. The molecule has 26 heavy (non-hydrogen) atoms. The molecule has 0 unspecified atom stereocenters. The molecule has 0 amide bonds. The zero-order chi connectivity index (χ0) is 20.9. The summed E-state index contributed by atoms with van der Waals surface area (Å²) in [5.41, 5.74) is 1.79. The van der Waals surface area contributed by atoms with E-state index >= 15 is 0 Å². The van der Waals surface area contributed by atoms with Gasteiger partial charge in [0.15, 0.2) is 0 Å². The van der Waals surface area contributed by atoms with Crippen LogP contribution in [-0.2, 0) is 19.1 Å². The second kappa shape index (κ2) is 9.20. The van der Waals surface area contributed by atoms with E-state index in [0.29, 0.717) is 17.6 Å². The lowest BCUT2D eigenvalue weighted by molar-refractivity contribution is -0.121. The van der Waals surface area contributed by atoms with E-state index in [2.05, 4.69) is 33.8 Å². The van der Waals surface area contributed by atoms with Gasteiger partial charge in [-0.05, 0) is 31.1 Å². The Morgan fingerprint density at radius 1 is 0.923 bits per heavy atom. The first-order valence-electron chi connectivity index (χ1n) is 9.18. The number of carbonyl (C=O) groups excluding carboxylic acids is 2. The molecule has 1 rings (SSSR count). The first-order valence-corrected chi connectivity index (χ1v) is 9.18. The first-order chi connectivity index (χ1) is 11.9. The maximum absolute atomic E-state index is 12.9. The van der Waals surface area contributed by atoms with Crippen LogP contribution in [0.3, 0.4) is 0 Å². The molecule has 0 bridgehead atoms. The zero-order valence-electron chi connectivity index (χ0n) is 18.4. The highest BCUT2D eigenvalue weighted by Gasteiger charge is 2.41. The van der Waals surface area contributed by atoms with Crippen LogP contribution in [0.5, 0.6) is 0 Å². The Morgan fingerprint density at radius 2 is 1.35 bits per heavy atom. The maximum atomic E-state index is 12.9. The molecule has 0 atom stereocenters. The van der Waals surface area contributed by atoms with Gasteiger partial charge in [0.05, 0.1) is 14.2 Å². The fourth-order valence-corrected chi connectivity index (χ4v) is 2.78. The summed E-state index contributed by atoms with van der Waals surface area (Å²) in [5.74, 6) is -0.569. The first kappa shape index (κ1) is 24.2. The number of methoxy groups -OCH3 is 2. The van der Waals surface area contributed by atoms with E-state index in [1.54, 1.807) is 6.92 Å². The molecule has 4 nitrogen and oxygen atoms in total. The van der Waals surface area contributed by atoms with E-state index in [1.807, 2.05) is 27.7 Å². The van der Waals surface area contributed by atoms with Gasteiger partial charge in [-0.25, -0.2) is 0 Å². The fraction of sp³-hybridized carbons (Fsp3) is 0.636. The van der Waals surface area contributed by atoms with Crippen molar-refractivity contribution in [2.24, 2.45) is 10.8 Å². The van der Waals surface area contributed by atoms with Gasteiger partial charge in [-0.15, -0.1) is 0 Å². The van der Waals surface area contributed by atoms with Crippen molar-refractivity contribution in [3.63, 3.8) is 0 Å². The smallest absolute Gasteiger partial charge is 0.228 e. The molecule has 0 saturated heterocycles. The van der Waals surface area contributed by atoms with E-state index in [9.17, 15) is 9.59 Å². The molecule has 0 heterocycles. The fourth-order valence-electron chi connectivity index (χ4n) is 2.78. The van der Waals surface area contributed by atoms with Crippen molar-refractivity contribution in [1.29, 1.82) is 0 Å². The molecule has 0 aromatic heterocycles. The molecule has 0 fully saturated rings. The minimum atomic E-state index is -0.480. The standard InChI is InChI=1S/C20H30O4.C2H6/c1-12(19(3,4)5)10-11-20(6,7)14-13(2)15(21)17(23-8)18(24-9)16(14)22;1-2/h10H,11H2,1-9H3;1-2H3/b12-10+;.